The van der Waals surface area contributed by atoms with Crippen LogP contribution in [0.5, 0.6) is 0 Å². The maximum absolute atomic E-state index is 7.26. The number of anilines is 2. The van der Waals surface area contributed by atoms with Gasteiger partial charge in [-0.25, -0.2) is 0 Å². The van der Waals surface area contributed by atoms with Crippen LogP contribution in [0.2, 0.25) is 0 Å². The Hall–Kier alpha value is -7.60. The summed E-state index contributed by atoms with van der Waals surface area (Å²) in [6.45, 7) is 18.5. The largest absolute Gasteiger partial charge is 0.455 e. The second kappa shape index (κ2) is 14.3. The van der Waals surface area contributed by atoms with E-state index in [1.165, 1.54) is 114 Å². The van der Waals surface area contributed by atoms with Crippen LogP contribution in [0.15, 0.2) is 180 Å². The van der Waals surface area contributed by atoms with Crippen molar-refractivity contribution in [3.8, 4) is 50.4 Å². The Morgan fingerprint density at radius 2 is 1.17 bits per heavy atom. The summed E-state index contributed by atoms with van der Waals surface area (Å²) in [5, 5.41) is 6.32. The van der Waals surface area contributed by atoms with Crippen molar-refractivity contribution in [3.63, 3.8) is 0 Å². The maximum atomic E-state index is 7.26. The van der Waals surface area contributed by atoms with Gasteiger partial charge in [0.15, 0.2) is 0 Å². The van der Waals surface area contributed by atoms with E-state index >= 15 is 0 Å². The highest BCUT2D eigenvalue weighted by Gasteiger charge is 2.46. The molecule has 0 fully saturated rings. The summed E-state index contributed by atoms with van der Waals surface area (Å²) in [6, 6.07) is 67.0. The van der Waals surface area contributed by atoms with Gasteiger partial charge in [0, 0.05) is 75.5 Å². The summed E-state index contributed by atoms with van der Waals surface area (Å²) < 4.78 is 12.6. The van der Waals surface area contributed by atoms with Crippen LogP contribution in [0.3, 0.4) is 0 Å². The zero-order valence-electron chi connectivity index (χ0n) is 42.0. The first-order valence-electron chi connectivity index (χ1n) is 25.6. The van der Waals surface area contributed by atoms with Gasteiger partial charge >= 0.3 is 6.85 Å². The number of furan rings is 1. The van der Waals surface area contributed by atoms with Crippen LogP contribution in [-0.2, 0) is 16.2 Å². The number of benzene rings is 9. The van der Waals surface area contributed by atoms with Crippen molar-refractivity contribution in [2.75, 3.05) is 4.81 Å². The summed E-state index contributed by atoms with van der Waals surface area (Å²) in [4.78, 5) is 2.68. The third-order valence-corrected chi connectivity index (χ3v) is 17.8. The van der Waals surface area contributed by atoms with E-state index in [1.807, 2.05) is 11.3 Å². The van der Waals surface area contributed by atoms with Gasteiger partial charge in [0.1, 0.15) is 11.3 Å². The molecule has 2 aliphatic heterocycles. The highest BCUT2D eigenvalue weighted by molar-refractivity contribution is 7.25. The molecule has 15 rings (SSSR count). The smallest absolute Gasteiger partial charge is 0.333 e. The minimum absolute atomic E-state index is 0.0117. The quantitative estimate of drug-likeness (QED) is 0.165. The van der Waals surface area contributed by atoms with Crippen molar-refractivity contribution in [3.05, 3.63) is 198 Å². The van der Waals surface area contributed by atoms with Crippen LogP contribution in [0.4, 0.5) is 11.4 Å². The van der Waals surface area contributed by atoms with Gasteiger partial charge in [-0.05, 0) is 121 Å². The molecule has 0 N–H and O–H groups in total. The third kappa shape index (κ3) is 5.69. The fraction of sp³-hybridized carbons (Fsp3) is 0.164. The van der Waals surface area contributed by atoms with E-state index < -0.39 is 0 Å². The highest BCUT2D eigenvalue weighted by atomic mass is 32.1. The molecule has 1 aliphatic carbocycles. The van der Waals surface area contributed by atoms with E-state index in [0.29, 0.717) is 0 Å². The molecule has 5 heteroatoms. The lowest BCUT2D eigenvalue weighted by Crippen LogP contribution is -2.60. The molecule has 12 aromatic rings. The van der Waals surface area contributed by atoms with Crippen LogP contribution >= 0.6 is 11.3 Å². The number of hydrogen-bond donors (Lipinski definition) is 0. The van der Waals surface area contributed by atoms with Crippen molar-refractivity contribution in [1.29, 1.82) is 0 Å². The summed E-state index contributed by atoms with van der Waals surface area (Å²) in [5.74, 6) is 0.891. The van der Waals surface area contributed by atoms with Gasteiger partial charge in [-0.15, -0.1) is 11.3 Å². The summed E-state index contributed by atoms with van der Waals surface area (Å²) in [6.07, 6.45) is 0. The lowest BCUT2D eigenvalue weighted by molar-refractivity contribution is 0.590. The molecule has 0 unspecified atom stereocenters. The number of hydrogen-bond acceptors (Lipinski definition) is 3. The van der Waals surface area contributed by atoms with E-state index in [4.69, 9.17) is 4.42 Å². The molecular formula is C67H53BN2OS. The minimum atomic E-state index is -0.165. The monoisotopic (exact) mass is 944 g/mol. The van der Waals surface area contributed by atoms with Gasteiger partial charge in [0.05, 0.1) is 11.0 Å². The standard InChI is InChI=1S/C67H53BN2OS/c1-65(2,3)40-23-26-42(27-24-40)70-56-37-60-50(44-28-25-41(66(4,5)6)31-59(44)72-60)33-48(56)45-29-30-46-49-32-47-43-21-15-16-22-52(43)67(7,8)53(47)35-55(49)69-57-34-51-58(36-54(57)68(70)62(45)63(46)69)71-64(39-19-13-10-14-20-39)61(51)38-17-11-9-12-18-38/h9-37H,1-8H3. The molecule has 0 amide bonds. The Bertz CT molecular complexity index is 4310. The number of aromatic nitrogens is 1. The van der Waals surface area contributed by atoms with Crippen molar-refractivity contribution < 1.29 is 4.42 Å². The van der Waals surface area contributed by atoms with Gasteiger partial charge < -0.3 is 13.8 Å². The Balaban J connectivity index is 1.10. The van der Waals surface area contributed by atoms with Crippen LogP contribution in [-0.4, -0.2) is 11.4 Å². The van der Waals surface area contributed by atoms with Crippen LogP contribution in [0.25, 0.3) is 103 Å². The van der Waals surface area contributed by atoms with E-state index in [1.54, 1.807) is 0 Å². The third-order valence-electron chi connectivity index (χ3n) is 16.7. The first-order chi connectivity index (χ1) is 34.7. The predicted octanol–water partition coefficient (Wildman–Crippen LogP) is 17.4. The highest BCUT2D eigenvalue weighted by Crippen LogP contribution is 2.54. The van der Waals surface area contributed by atoms with E-state index in [9.17, 15) is 0 Å². The lowest BCUT2D eigenvalue weighted by atomic mass is 9.44. The van der Waals surface area contributed by atoms with Gasteiger partial charge in [0.25, 0.3) is 0 Å². The molecule has 3 nitrogen and oxygen atoms in total. The molecule has 72 heavy (non-hydrogen) atoms. The minimum Gasteiger partial charge on any atom is -0.455 e. The van der Waals surface area contributed by atoms with E-state index in [2.05, 4.69) is 241 Å². The predicted molar refractivity (Wildman–Crippen MR) is 308 cm³/mol. The van der Waals surface area contributed by atoms with Crippen LogP contribution in [0, 0.1) is 0 Å². The van der Waals surface area contributed by atoms with Gasteiger partial charge in [-0.2, -0.15) is 0 Å². The number of fused-ring (bicyclic) bond motifs is 15. The molecule has 5 heterocycles. The number of rotatable bonds is 3. The van der Waals surface area contributed by atoms with Crippen molar-refractivity contribution in [2.24, 2.45) is 0 Å². The van der Waals surface area contributed by atoms with Gasteiger partial charge in [-0.3, -0.25) is 0 Å². The molecular weight excluding hydrogens is 892 g/mol. The Labute approximate surface area is 425 Å². The lowest BCUT2D eigenvalue weighted by Gasteiger charge is -2.42. The molecule has 0 spiro atoms. The molecule has 3 aromatic heterocycles. The average Bonchev–Trinajstić information content (AvgIpc) is 4.10. The molecule has 0 saturated carbocycles. The Morgan fingerprint density at radius 1 is 0.500 bits per heavy atom. The molecule has 0 saturated heterocycles. The summed E-state index contributed by atoms with van der Waals surface area (Å²) >= 11 is 1.92. The molecule has 0 bridgehead atoms. The van der Waals surface area contributed by atoms with E-state index in [0.717, 1.165) is 33.4 Å². The molecule has 9 aromatic carbocycles. The molecule has 346 valence electrons. The zero-order chi connectivity index (χ0) is 48.7. The Kier molecular flexibility index (Phi) is 8.37. The molecule has 3 aliphatic rings. The van der Waals surface area contributed by atoms with Crippen molar-refractivity contribution in [1.82, 2.24) is 4.57 Å². The number of nitrogens with zero attached hydrogens (tertiary/aromatic N) is 2. The van der Waals surface area contributed by atoms with Gasteiger partial charge in [0.2, 0.25) is 0 Å². The SMILES string of the molecule is CC(C)(C)c1ccc(N2B3c4cc5oc(-c6ccccc6)c(-c6ccccc6)c5cc4-n4c5cc6c(cc5c5ccc(c3c54)-c3cc4c(cc32)sc2cc(C(C)(C)C)ccc24)-c2ccccc2C6(C)C)cc1. The first kappa shape index (κ1) is 42.1. The molecule has 0 radical (unpaired) electrons. The first-order valence-corrected chi connectivity index (χ1v) is 26.4. The zero-order valence-corrected chi connectivity index (χ0v) is 42.8. The van der Waals surface area contributed by atoms with E-state index in [-0.39, 0.29) is 23.1 Å². The summed E-state index contributed by atoms with van der Waals surface area (Å²) in [7, 11) is 0. The topological polar surface area (TPSA) is 21.3 Å². The number of thiophene rings is 1. The van der Waals surface area contributed by atoms with Crippen LogP contribution < -0.4 is 15.7 Å². The second-order valence-electron chi connectivity index (χ2n) is 23.3. The average molecular weight is 945 g/mol. The fourth-order valence-corrected chi connectivity index (χ4v) is 14.2. The normalized spacial score (nSPS) is 14.4. The maximum Gasteiger partial charge on any atom is 0.333 e. The second-order valence-corrected chi connectivity index (χ2v) is 24.4. The summed E-state index contributed by atoms with van der Waals surface area (Å²) in [5.41, 5.74) is 23.5. The van der Waals surface area contributed by atoms with Crippen molar-refractivity contribution in [2.45, 2.75) is 71.6 Å². The van der Waals surface area contributed by atoms with Gasteiger partial charge in [-0.1, -0.05) is 177 Å². The van der Waals surface area contributed by atoms with Crippen LogP contribution in [0.1, 0.15) is 77.6 Å². The molecule has 0 atom stereocenters. The Morgan fingerprint density at radius 3 is 1.92 bits per heavy atom. The fourth-order valence-electron chi connectivity index (χ4n) is 13.0. The van der Waals surface area contributed by atoms with Crippen molar-refractivity contribution >= 4 is 93.4 Å².